The van der Waals surface area contributed by atoms with Crippen molar-refractivity contribution in [2.24, 2.45) is 17.3 Å². The summed E-state index contributed by atoms with van der Waals surface area (Å²) in [4.78, 5) is 38.5. The third-order valence-electron chi connectivity index (χ3n) is 6.17. The molecule has 2 amide bonds. The lowest BCUT2D eigenvalue weighted by Gasteiger charge is -2.33. The smallest absolute Gasteiger partial charge is 0.307 e. The minimum atomic E-state index is -0.937. The van der Waals surface area contributed by atoms with Gasteiger partial charge in [0.05, 0.1) is 11.8 Å². The molecular formula is C21H28N2O4. The lowest BCUT2D eigenvalue weighted by molar-refractivity contribution is -0.140. The average Bonchev–Trinajstić information content (AvgIpc) is 3.19. The van der Waals surface area contributed by atoms with Crippen LogP contribution >= 0.6 is 0 Å². The van der Waals surface area contributed by atoms with Crippen molar-refractivity contribution in [2.45, 2.75) is 53.0 Å². The number of piperidine rings is 1. The summed E-state index contributed by atoms with van der Waals surface area (Å²) in [5.41, 5.74) is 1.50. The number of carbonyl (C=O) groups is 3. The van der Waals surface area contributed by atoms with E-state index in [1.165, 1.54) is 0 Å². The van der Waals surface area contributed by atoms with Crippen molar-refractivity contribution in [3.63, 3.8) is 0 Å². The molecule has 2 N–H and O–H groups in total. The molecule has 1 aromatic rings. The summed E-state index contributed by atoms with van der Waals surface area (Å²) < 4.78 is 0. The van der Waals surface area contributed by atoms with E-state index in [4.69, 9.17) is 0 Å². The van der Waals surface area contributed by atoms with Crippen LogP contribution in [0.3, 0.4) is 0 Å². The lowest BCUT2D eigenvalue weighted by atomic mass is 10.0. The molecule has 2 aliphatic rings. The van der Waals surface area contributed by atoms with E-state index in [1.807, 2.05) is 11.8 Å². The number of hydrogen-bond donors (Lipinski definition) is 2. The maximum absolute atomic E-state index is 12.8. The number of carbonyl (C=O) groups excluding carboxylic acids is 2. The van der Waals surface area contributed by atoms with E-state index in [0.717, 1.165) is 31.4 Å². The van der Waals surface area contributed by atoms with Crippen molar-refractivity contribution in [1.29, 1.82) is 0 Å². The molecular weight excluding hydrogens is 344 g/mol. The van der Waals surface area contributed by atoms with E-state index in [9.17, 15) is 19.5 Å². The van der Waals surface area contributed by atoms with Gasteiger partial charge in [-0.1, -0.05) is 13.8 Å². The summed E-state index contributed by atoms with van der Waals surface area (Å²) in [5.74, 6) is -2.38. The minimum Gasteiger partial charge on any atom is -0.481 e. The molecule has 6 nitrogen and oxygen atoms in total. The number of benzene rings is 1. The number of carboxylic acid groups (broad SMARTS) is 1. The van der Waals surface area contributed by atoms with E-state index >= 15 is 0 Å². The van der Waals surface area contributed by atoms with Gasteiger partial charge in [-0.2, -0.15) is 0 Å². The number of likely N-dealkylation sites (tertiary alicyclic amines) is 1. The molecule has 1 saturated heterocycles. The first-order chi connectivity index (χ1) is 12.6. The highest BCUT2D eigenvalue weighted by Gasteiger charge is 2.65. The fourth-order valence-electron chi connectivity index (χ4n) is 4.30. The van der Waals surface area contributed by atoms with Gasteiger partial charge in [0, 0.05) is 23.8 Å². The maximum Gasteiger partial charge on any atom is 0.307 e. The van der Waals surface area contributed by atoms with Crippen LogP contribution in [0.4, 0.5) is 5.69 Å². The predicted molar refractivity (Wildman–Crippen MR) is 103 cm³/mol. The van der Waals surface area contributed by atoms with Gasteiger partial charge in [-0.05, 0) is 62.3 Å². The van der Waals surface area contributed by atoms with Crippen molar-refractivity contribution in [3.05, 3.63) is 29.3 Å². The molecule has 27 heavy (non-hydrogen) atoms. The number of amides is 2. The normalized spacial score (nSPS) is 26.4. The van der Waals surface area contributed by atoms with Crippen LogP contribution in [0.5, 0.6) is 0 Å². The third kappa shape index (κ3) is 3.57. The van der Waals surface area contributed by atoms with Crippen LogP contribution in [-0.2, 0) is 9.59 Å². The Labute approximate surface area is 159 Å². The Bertz CT molecular complexity index is 786. The van der Waals surface area contributed by atoms with E-state index < -0.39 is 23.2 Å². The minimum absolute atomic E-state index is 0.0254. The topological polar surface area (TPSA) is 86.7 Å². The van der Waals surface area contributed by atoms with E-state index in [-0.39, 0.29) is 17.9 Å². The largest absolute Gasteiger partial charge is 0.481 e. The van der Waals surface area contributed by atoms with Crippen molar-refractivity contribution < 1.29 is 19.5 Å². The fraction of sp³-hybridized carbons (Fsp3) is 0.571. The van der Waals surface area contributed by atoms with Gasteiger partial charge in [-0.15, -0.1) is 0 Å². The van der Waals surface area contributed by atoms with Gasteiger partial charge in [-0.3, -0.25) is 14.4 Å². The Morgan fingerprint density at radius 3 is 2.44 bits per heavy atom. The molecule has 1 aliphatic carbocycles. The average molecular weight is 372 g/mol. The van der Waals surface area contributed by atoms with Crippen LogP contribution < -0.4 is 5.32 Å². The number of aryl methyl sites for hydroxylation is 1. The summed E-state index contributed by atoms with van der Waals surface area (Å²) in [7, 11) is 0. The van der Waals surface area contributed by atoms with Gasteiger partial charge in [0.2, 0.25) is 5.91 Å². The molecule has 146 valence electrons. The maximum atomic E-state index is 12.8. The van der Waals surface area contributed by atoms with Crippen molar-refractivity contribution in [2.75, 3.05) is 11.9 Å². The Morgan fingerprint density at radius 1 is 1.19 bits per heavy atom. The molecule has 2 fully saturated rings. The monoisotopic (exact) mass is 372 g/mol. The molecule has 0 spiro atoms. The third-order valence-corrected chi connectivity index (χ3v) is 6.17. The first-order valence-electron chi connectivity index (χ1n) is 9.60. The van der Waals surface area contributed by atoms with Crippen molar-refractivity contribution in [3.8, 4) is 0 Å². The predicted octanol–water partition coefficient (Wildman–Crippen LogP) is 3.30. The number of carboxylic acids is 1. The van der Waals surface area contributed by atoms with Gasteiger partial charge in [0.15, 0.2) is 0 Å². The summed E-state index contributed by atoms with van der Waals surface area (Å²) in [6, 6.07) is 5.52. The summed E-state index contributed by atoms with van der Waals surface area (Å²) in [6.45, 7) is 8.30. The number of rotatable bonds is 4. The molecule has 0 bridgehead atoms. The Kier molecular flexibility index (Phi) is 5.02. The molecule has 1 aliphatic heterocycles. The highest BCUT2D eigenvalue weighted by Crippen LogP contribution is 2.58. The van der Waals surface area contributed by atoms with Crippen LogP contribution in [0.25, 0.3) is 0 Å². The van der Waals surface area contributed by atoms with Gasteiger partial charge in [0.1, 0.15) is 0 Å². The Morgan fingerprint density at radius 2 is 1.89 bits per heavy atom. The zero-order chi connectivity index (χ0) is 19.9. The van der Waals surface area contributed by atoms with E-state index in [0.29, 0.717) is 11.3 Å². The zero-order valence-corrected chi connectivity index (χ0v) is 16.4. The molecule has 1 saturated carbocycles. The van der Waals surface area contributed by atoms with Crippen LogP contribution in [0, 0.1) is 24.2 Å². The van der Waals surface area contributed by atoms with Gasteiger partial charge in [-0.25, -0.2) is 0 Å². The Balaban J connectivity index is 1.71. The molecule has 1 aromatic carbocycles. The molecule has 0 aromatic heterocycles. The van der Waals surface area contributed by atoms with Crippen LogP contribution in [0.2, 0.25) is 0 Å². The van der Waals surface area contributed by atoms with Gasteiger partial charge < -0.3 is 15.3 Å². The number of nitrogens with zero attached hydrogens (tertiary/aromatic N) is 1. The summed E-state index contributed by atoms with van der Waals surface area (Å²) in [6.07, 6.45) is 3.22. The fourth-order valence-corrected chi connectivity index (χ4v) is 4.30. The van der Waals surface area contributed by atoms with E-state index in [1.54, 1.807) is 32.0 Å². The first-order valence-corrected chi connectivity index (χ1v) is 9.60. The highest BCUT2D eigenvalue weighted by molar-refractivity contribution is 6.01. The second-order valence-corrected chi connectivity index (χ2v) is 8.48. The highest BCUT2D eigenvalue weighted by atomic mass is 16.4. The molecule has 1 unspecified atom stereocenters. The van der Waals surface area contributed by atoms with Crippen molar-refractivity contribution in [1.82, 2.24) is 4.90 Å². The van der Waals surface area contributed by atoms with Gasteiger partial charge >= 0.3 is 5.97 Å². The summed E-state index contributed by atoms with van der Waals surface area (Å²) >= 11 is 0. The van der Waals surface area contributed by atoms with Crippen LogP contribution in [0.15, 0.2) is 18.2 Å². The molecule has 3 atom stereocenters. The second kappa shape index (κ2) is 6.98. The molecule has 0 radical (unpaired) electrons. The Hall–Kier alpha value is -2.37. The zero-order valence-electron chi connectivity index (χ0n) is 16.4. The first kappa shape index (κ1) is 19.4. The SMILES string of the molecule is Cc1cc(C(=O)N2CCCCC2C)ccc1NC(=O)[C@@H]1[C@H](C(=O)O)C1(C)C. The van der Waals surface area contributed by atoms with Gasteiger partial charge in [0.25, 0.3) is 5.91 Å². The van der Waals surface area contributed by atoms with Crippen molar-refractivity contribution >= 4 is 23.5 Å². The quantitative estimate of drug-likeness (QED) is 0.849. The van der Waals surface area contributed by atoms with Crippen LogP contribution in [-0.4, -0.2) is 40.4 Å². The van der Waals surface area contributed by atoms with E-state index in [2.05, 4.69) is 12.2 Å². The summed E-state index contributed by atoms with van der Waals surface area (Å²) in [5, 5.41) is 12.1. The number of aliphatic carboxylic acids is 1. The number of hydrogen-bond acceptors (Lipinski definition) is 3. The molecule has 1 heterocycles. The van der Waals surface area contributed by atoms with Crippen LogP contribution in [0.1, 0.15) is 56.0 Å². The lowest BCUT2D eigenvalue weighted by Crippen LogP contribution is -2.42. The second-order valence-electron chi connectivity index (χ2n) is 8.48. The number of anilines is 1. The number of nitrogens with one attached hydrogen (secondary N) is 1. The molecule has 3 rings (SSSR count). The standard InChI is InChI=1S/C21H28N2O4/c1-12-11-14(19(25)23-10-6-5-7-13(23)2)8-9-15(12)22-18(24)16-17(20(26)27)21(16,3)4/h8-9,11,13,16-17H,5-7,10H2,1-4H3,(H,22,24)(H,26,27)/t13?,16-,17+/m0/s1. The molecule has 6 heteroatoms.